The van der Waals surface area contributed by atoms with Crippen molar-refractivity contribution in [3.63, 3.8) is 0 Å². The number of nitrogens with one attached hydrogen (secondary N) is 1. The van der Waals surface area contributed by atoms with E-state index >= 15 is 0 Å². The van der Waals surface area contributed by atoms with Gasteiger partial charge in [-0.05, 0) is 30.4 Å². The van der Waals surface area contributed by atoms with Gasteiger partial charge < -0.3 is 5.32 Å². The molecule has 1 aromatic rings. The van der Waals surface area contributed by atoms with Crippen LogP contribution in [-0.2, 0) is 6.54 Å². The van der Waals surface area contributed by atoms with E-state index in [9.17, 15) is 0 Å². The molecule has 2 rings (SSSR count). The largest absolute Gasteiger partial charge is 0.310 e. The highest BCUT2D eigenvalue weighted by molar-refractivity contribution is 5.09. The Hall–Kier alpha value is -0.890. The van der Waals surface area contributed by atoms with Gasteiger partial charge in [-0.1, -0.05) is 19.4 Å². The molecular formula is C12H18N2. The van der Waals surface area contributed by atoms with Crippen LogP contribution in [0.2, 0.25) is 0 Å². The SMILES string of the molecule is CCCC1CC1NCc1cccnc1. The summed E-state index contributed by atoms with van der Waals surface area (Å²) in [5, 5.41) is 3.57. The van der Waals surface area contributed by atoms with Gasteiger partial charge in [0.2, 0.25) is 0 Å². The third-order valence-electron chi connectivity index (χ3n) is 2.87. The predicted molar refractivity (Wildman–Crippen MR) is 57.9 cm³/mol. The second-order valence-electron chi connectivity index (χ2n) is 4.13. The van der Waals surface area contributed by atoms with E-state index in [0.717, 1.165) is 18.5 Å². The first-order valence-electron chi connectivity index (χ1n) is 5.52. The molecule has 76 valence electrons. The van der Waals surface area contributed by atoms with Crippen LogP contribution < -0.4 is 5.32 Å². The van der Waals surface area contributed by atoms with Crippen molar-refractivity contribution in [2.75, 3.05) is 0 Å². The molecule has 0 amide bonds. The quantitative estimate of drug-likeness (QED) is 0.771. The fourth-order valence-electron chi connectivity index (χ4n) is 1.94. The van der Waals surface area contributed by atoms with Crippen LogP contribution >= 0.6 is 0 Å². The third-order valence-corrected chi connectivity index (χ3v) is 2.87. The van der Waals surface area contributed by atoms with Gasteiger partial charge in [0.1, 0.15) is 0 Å². The van der Waals surface area contributed by atoms with Crippen LogP contribution in [0, 0.1) is 5.92 Å². The predicted octanol–water partition coefficient (Wildman–Crippen LogP) is 2.36. The lowest BCUT2D eigenvalue weighted by molar-refractivity contribution is 0.599. The van der Waals surface area contributed by atoms with Crippen LogP contribution in [0.1, 0.15) is 31.7 Å². The Morgan fingerprint density at radius 1 is 1.57 bits per heavy atom. The molecule has 0 saturated heterocycles. The van der Waals surface area contributed by atoms with Gasteiger partial charge in [-0.15, -0.1) is 0 Å². The number of nitrogens with zero attached hydrogens (tertiary/aromatic N) is 1. The standard InChI is InChI=1S/C12H18N2/c1-2-4-11-7-12(11)14-9-10-5-3-6-13-8-10/h3,5-6,8,11-12,14H,2,4,7,9H2,1H3. The van der Waals surface area contributed by atoms with Crippen molar-refractivity contribution in [2.45, 2.75) is 38.8 Å². The Morgan fingerprint density at radius 2 is 2.50 bits per heavy atom. The Bertz CT molecular complexity index is 271. The first-order chi connectivity index (χ1) is 6.90. The second kappa shape index (κ2) is 4.56. The maximum absolute atomic E-state index is 4.10. The summed E-state index contributed by atoms with van der Waals surface area (Å²) < 4.78 is 0. The van der Waals surface area contributed by atoms with Crippen molar-refractivity contribution in [3.8, 4) is 0 Å². The van der Waals surface area contributed by atoms with E-state index in [4.69, 9.17) is 0 Å². The average Bonchev–Trinajstić information content (AvgIpc) is 2.96. The minimum absolute atomic E-state index is 0.773. The minimum Gasteiger partial charge on any atom is -0.310 e. The molecule has 1 heterocycles. The fraction of sp³-hybridized carbons (Fsp3) is 0.583. The van der Waals surface area contributed by atoms with Crippen molar-refractivity contribution < 1.29 is 0 Å². The highest BCUT2D eigenvalue weighted by Gasteiger charge is 2.35. The molecule has 0 bridgehead atoms. The van der Waals surface area contributed by atoms with E-state index in [1.807, 2.05) is 18.5 Å². The fourth-order valence-corrected chi connectivity index (χ4v) is 1.94. The van der Waals surface area contributed by atoms with E-state index in [-0.39, 0.29) is 0 Å². The topological polar surface area (TPSA) is 24.9 Å². The van der Waals surface area contributed by atoms with Crippen LogP contribution in [0.4, 0.5) is 0 Å². The summed E-state index contributed by atoms with van der Waals surface area (Å²) in [5.41, 5.74) is 1.29. The number of pyridine rings is 1. The number of hydrogen-bond donors (Lipinski definition) is 1. The average molecular weight is 190 g/mol. The summed E-state index contributed by atoms with van der Waals surface area (Å²) >= 11 is 0. The Morgan fingerprint density at radius 3 is 3.21 bits per heavy atom. The molecule has 1 aliphatic rings. The Kier molecular flexibility index (Phi) is 3.14. The molecule has 1 aromatic heterocycles. The zero-order valence-corrected chi connectivity index (χ0v) is 8.74. The van der Waals surface area contributed by atoms with Crippen LogP contribution in [-0.4, -0.2) is 11.0 Å². The van der Waals surface area contributed by atoms with Crippen LogP contribution in [0.3, 0.4) is 0 Å². The van der Waals surface area contributed by atoms with E-state index in [2.05, 4.69) is 23.3 Å². The van der Waals surface area contributed by atoms with Crippen LogP contribution in [0.5, 0.6) is 0 Å². The van der Waals surface area contributed by atoms with Crippen LogP contribution in [0.25, 0.3) is 0 Å². The number of aromatic nitrogens is 1. The number of rotatable bonds is 5. The molecule has 0 aliphatic heterocycles. The summed E-state index contributed by atoms with van der Waals surface area (Å²) in [6, 6.07) is 4.89. The van der Waals surface area contributed by atoms with Gasteiger partial charge in [0.05, 0.1) is 0 Å². The maximum Gasteiger partial charge on any atom is 0.0312 e. The molecule has 2 heteroatoms. The van der Waals surface area contributed by atoms with E-state index < -0.39 is 0 Å². The first kappa shape index (κ1) is 9.66. The van der Waals surface area contributed by atoms with Gasteiger partial charge in [0.25, 0.3) is 0 Å². The summed E-state index contributed by atoms with van der Waals surface area (Å²) in [5.74, 6) is 0.941. The lowest BCUT2D eigenvalue weighted by atomic mass is 10.2. The molecule has 0 radical (unpaired) electrons. The Balaban J connectivity index is 1.70. The van der Waals surface area contributed by atoms with Gasteiger partial charge in [-0.25, -0.2) is 0 Å². The Labute approximate surface area is 85.7 Å². The van der Waals surface area contributed by atoms with E-state index in [1.54, 1.807) is 0 Å². The minimum atomic E-state index is 0.773. The summed E-state index contributed by atoms with van der Waals surface area (Å²) in [4.78, 5) is 4.10. The van der Waals surface area contributed by atoms with Gasteiger partial charge in [-0.3, -0.25) is 4.98 Å². The molecule has 1 aliphatic carbocycles. The van der Waals surface area contributed by atoms with E-state index in [1.165, 1.54) is 24.8 Å². The van der Waals surface area contributed by atoms with Crippen molar-refractivity contribution in [1.82, 2.24) is 10.3 Å². The number of hydrogen-bond acceptors (Lipinski definition) is 2. The molecule has 1 fully saturated rings. The molecular weight excluding hydrogens is 172 g/mol. The molecule has 2 unspecified atom stereocenters. The highest BCUT2D eigenvalue weighted by Crippen LogP contribution is 2.34. The summed E-state index contributed by atoms with van der Waals surface area (Å²) in [7, 11) is 0. The van der Waals surface area contributed by atoms with Crippen molar-refractivity contribution in [3.05, 3.63) is 30.1 Å². The van der Waals surface area contributed by atoms with E-state index in [0.29, 0.717) is 0 Å². The lowest BCUT2D eigenvalue weighted by Gasteiger charge is -2.02. The molecule has 2 atom stereocenters. The third kappa shape index (κ3) is 2.55. The smallest absolute Gasteiger partial charge is 0.0312 e. The molecule has 1 saturated carbocycles. The maximum atomic E-state index is 4.10. The zero-order chi connectivity index (χ0) is 9.80. The molecule has 2 nitrogen and oxygen atoms in total. The van der Waals surface area contributed by atoms with Crippen molar-refractivity contribution in [2.24, 2.45) is 5.92 Å². The molecule has 0 spiro atoms. The molecule has 0 aromatic carbocycles. The van der Waals surface area contributed by atoms with Gasteiger partial charge in [0.15, 0.2) is 0 Å². The second-order valence-corrected chi connectivity index (χ2v) is 4.13. The van der Waals surface area contributed by atoms with Gasteiger partial charge in [0, 0.05) is 25.0 Å². The van der Waals surface area contributed by atoms with Gasteiger partial charge >= 0.3 is 0 Å². The summed E-state index contributed by atoms with van der Waals surface area (Å²) in [6.07, 6.45) is 7.82. The monoisotopic (exact) mass is 190 g/mol. The van der Waals surface area contributed by atoms with Crippen LogP contribution in [0.15, 0.2) is 24.5 Å². The zero-order valence-electron chi connectivity index (χ0n) is 8.74. The van der Waals surface area contributed by atoms with Gasteiger partial charge in [-0.2, -0.15) is 0 Å². The normalized spacial score (nSPS) is 24.9. The molecule has 1 N–H and O–H groups in total. The first-order valence-corrected chi connectivity index (χ1v) is 5.52. The van der Waals surface area contributed by atoms with Crippen molar-refractivity contribution in [1.29, 1.82) is 0 Å². The molecule has 14 heavy (non-hydrogen) atoms. The highest BCUT2D eigenvalue weighted by atomic mass is 15.0. The van der Waals surface area contributed by atoms with Crippen molar-refractivity contribution >= 4 is 0 Å². The lowest BCUT2D eigenvalue weighted by Crippen LogP contribution is -2.17. The summed E-state index contributed by atoms with van der Waals surface area (Å²) in [6.45, 7) is 3.23.